The van der Waals surface area contributed by atoms with E-state index in [1.165, 1.54) is 33.9 Å². The molecule has 4 N–H and O–H groups in total. The highest BCUT2D eigenvalue weighted by atomic mass is 15.2. The molecule has 1 aromatic carbocycles. The molecule has 4 heterocycles. The van der Waals surface area contributed by atoms with Crippen molar-refractivity contribution in [2.24, 2.45) is 0 Å². The summed E-state index contributed by atoms with van der Waals surface area (Å²) in [6, 6.07) is 22.2. The molecule has 0 amide bonds. The molecule has 42 heavy (non-hydrogen) atoms. The number of hydrogen-bond acceptors (Lipinski definition) is 8. The number of hydrogen-bond donors (Lipinski definition) is 4. The number of rotatable bonds is 4. The minimum absolute atomic E-state index is 0.976. The van der Waals surface area contributed by atoms with E-state index in [-0.39, 0.29) is 0 Å². The monoisotopic (exact) mass is 570 g/mol. The summed E-state index contributed by atoms with van der Waals surface area (Å²) >= 11 is 0. The van der Waals surface area contributed by atoms with Crippen molar-refractivity contribution in [3.8, 4) is 0 Å². The molecule has 2 aromatic heterocycles. The van der Waals surface area contributed by atoms with Crippen LogP contribution >= 0.6 is 0 Å². The van der Waals surface area contributed by atoms with Crippen LogP contribution in [-0.4, -0.2) is 98.3 Å². The van der Waals surface area contributed by atoms with Crippen LogP contribution in [0.25, 0.3) is 0 Å². The number of nitrogens with one attached hydrogen (secondary N) is 4. The highest BCUT2D eigenvalue weighted by molar-refractivity contribution is 5.22. The number of nitrogens with zero attached hydrogens (tertiary/aromatic N) is 4. The van der Waals surface area contributed by atoms with Gasteiger partial charge in [-0.1, -0.05) is 36.4 Å². The molecule has 0 radical (unpaired) electrons. The maximum absolute atomic E-state index is 4.81. The maximum atomic E-state index is 4.81. The highest BCUT2D eigenvalue weighted by Crippen LogP contribution is 2.11. The zero-order valence-electron chi connectivity index (χ0n) is 25.3. The topological polar surface area (TPSA) is 80.4 Å². The van der Waals surface area contributed by atoms with Crippen LogP contribution in [0, 0.1) is 0 Å². The summed E-state index contributed by atoms with van der Waals surface area (Å²) in [4.78, 5) is 14.8. The summed E-state index contributed by atoms with van der Waals surface area (Å²) < 4.78 is 0. The minimum Gasteiger partial charge on any atom is -0.315 e. The minimum atomic E-state index is 0.976. The van der Waals surface area contributed by atoms with E-state index >= 15 is 0 Å². The lowest BCUT2D eigenvalue weighted by Crippen LogP contribution is -2.38. The van der Waals surface area contributed by atoms with Crippen LogP contribution in [0.2, 0.25) is 0 Å². The van der Waals surface area contributed by atoms with Crippen LogP contribution in [0.3, 0.4) is 0 Å². The van der Waals surface area contributed by atoms with Crippen molar-refractivity contribution in [1.82, 2.24) is 41.0 Å². The third-order valence-electron chi connectivity index (χ3n) is 8.22. The van der Waals surface area contributed by atoms with Crippen molar-refractivity contribution in [2.75, 3.05) is 78.5 Å². The lowest BCUT2D eigenvalue weighted by Gasteiger charge is -2.25. The molecule has 0 aliphatic carbocycles. The van der Waals surface area contributed by atoms with Gasteiger partial charge in [-0.3, -0.25) is 19.8 Å². The number of aromatic nitrogens is 2. The zero-order chi connectivity index (χ0) is 28.7. The molecule has 3 aromatic rings. The van der Waals surface area contributed by atoms with E-state index in [4.69, 9.17) is 9.97 Å². The molecular weight excluding hydrogens is 520 g/mol. The zero-order valence-corrected chi connectivity index (χ0v) is 25.3. The van der Waals surface area contributed by atoms with Gasteiger partial charge in [0.2, 0.25) is 0 Å². The number of pyridine rings is 2. The molecule has 0 unspecified atom stereocenters. The van der Waals surface area contributed by atoms with Gasteiger partial charge in [0.05, 0.1) is 0 Å². The Morgan fingerprint density at radius 3 is 1.05 bits per heavy atom. The van der Waals surface area contributed by atoms with Crippen molar-refractivity contribution >= 4 is 0 Å². The first-order valence-corrected chi connectivity index (χ1v) is 16.1. The molecule has 0 atom stereocenters. The largest absolute Gasteiger partial charge is 0.315 e. The van der Waals surface area contributed by atoms with Crippen molar-refractivity contribution < 1.29 is 0 Å². The van der Waals surface area contributed by atoms with Crippen molar-refractivity contribution in [3.63, 3.8) is 0 Å². The fourth-order valence-corrected chi connectivity index (χ4v) is 5.74. The summed E-state index contributed by atoms with van der Waals surface area (Å²) in [5, 5.41) is 14.5. The summed E-state index contributed by atoms with van der Waals surface area (Å²) in [6.07, 6.45) is 3.93. The first-order chi connectivity index (χ1) is 20.8. The van der Waals surface area contributed by atoms with Crippen LogP contribution in [0.4, 0.5) is 0 Å². The molecule has 5 rings (SSSR count). The molecule has 0 saturated carbocycles. The second-order valence-corrected chi connectivity index (χ2v) is 11.6. The average Bonchev–Trinajstić information content (AvgIpc) is 3.00. The standard InChI is InChI=1S/C34H50N8/c1-3-31-11-15-35-19-23-41(24-20-36-16-12-32(4-1)39-31)27-29-7-9-30(10-8-29)28-42-25-21-37-17-13-33-5-2-6-34(40-33)14-18-38-22-26-42/h1-10,35-38H,11-28H2. The molecule has 0 fully saturated rings. The van der Waals surface area contributed by atoms with E-state index in [0.29, 0.717) is 0 Å². The predicted molar refractivity (Wildman–Crippen MR) is 172 cm³/mol. The molecule has 4 bridgehead atoms. The normalized spacial score (nSPS) is 19.4. The van der Waals surface area contributed by atoms with E-state index in [1.54, 1.807) is 0 Å². The molecule has 8 heteroatoms. The first-order valence-electron chi connectivity index (χ1n) is 16.1. The SMILES string of the molecule is c1cc2nc(c1)CCNCCN(Cc1ccc(CN3CCNCCc4cccc(n4)CCNCC3)cc1)CCNCC2. The van der Waals surface area contributed by atoms with Gasteiger partial charge in [0.25, 0.3) is 0 Å². The first kappa shape index (κ1) is 30.7. The van der Waals surface area contributed by atoms with Gasteiger partial charge in [-0.05, 0) is 35.4 Å². The Balaban J connectivity index is 1.09. The lowest BCUT2D eigenvalue weighted by atomic mass is 10.1. The second-order valence-electron chi connectivity index (χ2n) is 11.6. The van der Waals surface area contributed by atoms with Gasteiger partial charge in [-0.15, -0.1) is 0 Å². The number of fused-ring (bicyclic) bond motifs is 4. The van der Waals surface area contributed by atoms with Crippen LogP contribution in [0.1, 0.15) is 33.9 Å². The van der Waals surface area contributed by atoms with Crippen LogP contribution in [0.5, 0.6) is 0 Å². The third-order valence-corrected chi connectivity index (χ3v) is 8.22. The molecule has 226 valence electrons. The van der Waals surface area contributed by atoms with Gasteiger partial charge in [0, 0.05) is 140 Å². The fraction of sp³-hybridized carbons (Fsp3) is 0.529. The molecule has 8 nitrogen and oxygen atoms in total. The molecular formula is C34H50N8. The maximum Gasteiger partial charge on any atom is 0.0419 e. The summed E-state index contributed by atoms with van der Waals surface area (Å²) in [7, 11) is 0. The van der Waals surface area contributed by atoms with Crippen molar-refractivity contribution in [3.05, 3.63) is 94.6 Å². The van der Waals surface area contributed by atoms with E-state index in [2.05, 4.69) is 91.7 Å². The van der Waals surface area contributed by atoms with E-state index < -0.39 is 0 Å². The summed E-state index contributed by atoms with van der Waals surface area (Å²) in [5.74, 6) is 0. The van der Waals surface area contributed by atoms with Gasteiger partial charge in [-0.2, -0.15) is 0 Å². The number of benzene rings is 1. The van der Waals surface area contributed by atoms with Gasteiger partial charge in [0.1, 0.15) is 0 Å². The Hall–Kier alpha value is -2.72. The molecule has 0 spiro atoms. The van der Waals surface area contributed by atoms with Crippen LogP contribution < -0.4 is 21.3 Å². The van der Waals surface area contributed by atoms with E-state index in [0.717, 1.165) is 117 Å². The molecule has 2 aliphatic heterocycles. The second kappa shape index (κ2) is 17.4. The van der Waals surface area contributed by atoms with Gasteiger partial charge in [0.15, 0.2) is 0 Å². The Morgan fingerprint density at radius 2 is 0.738 bits per heavy atom. The van der Waals surface area contributed by atoms with Crippen LogP contribution in [0.15, 0.2) is 60.7 Å². The average molecular weight is 571 g/mol. The van der Waals surface area contributed by atoms with Gasteiger partial charge in [-0.25, -0.2) is 0 Å². The van der Waals surface area contributed by atoms with Gasteiger partial charge >= 0.3 is 0 Å². The Bertz CT molecular complexity index is 1030. The lowest BCUT2D eigenvalue weighted by molar-refractivity contribution is 0.262. The van der Waals surface area contributed by atoms with E-state index in [1.807, 2.05) is 0 Å². The quantitative estimate of drug-likeness (QED) is 0.380. The molecule has 2 aliphatic rings. The molecule has 0 saturated heterocycles. The Labute approximate surface area is 252 Å². The van der Waals surface area contributed by atoms with E-state index in [9.17, 15) is 0 Å². The van der Waals surface area contributed by atoms with Crippen molar-refractivity contribution in [2.45, 2.75) is 38.8 Å². The van der Waals surface area contributed by atoms with Gasteiger partial charge < -0.3 is 21.3 Å². The fourth-order valence-electron chi connectivity index (χ4n) is 5.74. The Kier molecular flexibility index (Phi) is 12.7. The summed E-state index contributed by atoms with van der Waals surface area (Å²) in [6.45, 7) is 14.1. The summed E-state index contributed by atoms with van der Waals surface area (Å²) in [5.41, 5.74) is 7.53. The highest BCUT2D eigenvalue weighted by Gasteiger charge is 2.10. The predicted octanol–water partition coefficient (Wildman–Crippen LogP) is 2.04. The smallest absolute Gasteiger partial charge is 0.0419 e. The van der Waals surface area contributed by atoms with Crippen LogP contribution in [-0.2, 0) is 38.8 Å². The third kappa shape index (κ3) is 10.8. The van der Waals surface area contributed by atoms with Crippen molar-refractivity contribution in [1.29, 1.82) is 0 Å². The Morgan fingerprint density at radius 1 is 0.429 bits per heavy atom.